The monoisotopic (exact) mass is 466 g/mol. The van der Waals surface area contributed by atoms with Gasteiger partial charge < -0.3 is 9.88 Å². The summed E-state index contributed by atoms with van der Waals surface area (Å²) in [6.07, 6.45) is 1.78. The molecule has 2 aromatic heterocycles. The minimum Gasteiger partial charge on any atom is -0.326 e. The third-order valence-electron chi connectivity index (χ3n) is 4.98. The van der Waals surface area contributed by atoms with Gasteiger partial charge in [-0.05, 0) is 30.3 Å². The molecule has 0 bridgehead atoms. The summed E-state index contributed by atoms with van der Waals surface area (Å²) in [4.78, 5) is 37.1. The lowest BCUT2D eigenvalue weighted by molar-refractivity contribution is -0.114. The Morgan fingerprint density at radius 1 is 1.00 bits per heavy atom. The summed E-state index contributed by atoms with van der Waals surface area (Å²) < 4.78 is 5.32. The van der Waals surface area contributed by atoms with Crippen LogP contribution in [0, 0.1) is 0 Å². The molecule has 0 saturated heterocycles. The van der Waals surface area contributed by atoms with E-state index in [-0.39, 0.29) is 11.5 Å². The van der Waals surface area contributed by atoms with E-state index in [1.54, 1.807) is 19.3 Å². The van der Waals surface area contributed by atoms with Gasteiger partial charge in [0.15, 0.2) is 0 Å². The van der Waals surface area contributed by atoms with Crippen LogP contribution >= 0.6 is 15.9 Å². The van der Waals surface area contributed by atoms with E-state index >= 15 is 0 Å². The number of carbonyl (C=O) groups excluding carboxylic acids is 1. The summed E-state index contributed by atoms with van der Waals surface area (Å²) in [5.74, 6) is -0.173. The molecule has 0 aliphatic carbocycles. The summed E-state index contributed by atoms with van der Waals surface area (Å²) in [5.41, 5.74) is 2.66. The van der Waals surface area contributed by atoms with Gasteiger partial charge in [-0.3, -0.25) is 18.7 Å². The third kappa shape index (κ3) is 3.29. The fourth-order valence-electron chi connectivity index (χ4n) is 3.60. The van der Waals surface area contributed by atoms with Crippen LogP contribution in [-0.4, -0.2) is 19.6 Å². The fourth-order valence-corrected chi connectivity index (χ4v) is 4.00. The molecule has 0 aliphatic rings. The number of halogens is 1. The van der Waals surface area contributed by atoms with Crippen molar-refractivity contribution >= 4 is 38.4 Å². The molecule has 8 heteroatoms. The van der Waals surface area contributed by atoms with Crippen molar-refractivity contribution in [2.24, 2.45) is 14.1 Å². The molecule has 4 rings (SSSR count). The van der Waals surface area contributed by atoms with E-state index < -0.39 is 5.69 Å². The van der Waals surface area contributed by atoms with Crippen molar-refractivity contribution < 1.29 is 4.79 Å². The van der Waals surface area contributed by atoms with Gasteiger partial charge in [0.05, 0.1) is 16.6 Å². The highest BCUT2D eigenvalue weighted by atomic mass is 79.9. The van der Waals surface area contributed by atoms with Gasteiger partial charge in [0.2, 0.25) is 5.91 Å². The second-order valence-corrected chi connectivity index (χ2v) is 7.97. The Balaban J connectivity index is 2.13. The van der Waals surface area contributed by atoms with Crippen molar-refractivity contribution in [3.05, 3.63) is 80.0 Å². The highest BCUT2D eigenvalue weighted by Gasteiger charge is 2.20. The molecule has 0 radical (unpaired) electrons. The van der Waals surface area contributed by atoms with Crippen molar-refractivity contribution in [3.8, 4) is 16.9 Å². The number of aryl methyl sites for hydroxylation is 1. The molecule has 0 atom stereocenters. The van der Waals surface area contributed by atoms with Crippen molar-refractivity contribution in [3.63, 3.8) is 0 Å². The van der Waals surface area contributed by atoms with Gasteiger partial charge in [-0.1, -0.05) is 34.1 Å². The zero-order valence-corrected chi connectivity index (χ0v) is 18.2. The Kier molecular flexibility index (Phi) is 4.95. The summed E-state index contributed by atoms with van der Waals surface area (Å²) in [7, 11) is 3.12. The lowest BCUT2D eigenvalue weighted by atomic mass is 10.1. The SMILES string of the molecule is CC(=O)Nc1cccc(-n2cc3c(c2-c2cccc(Br)c2)c(=O)n(C)c(=O)n3C)c1. The lowest BCUT2D eigenvalue weighted by Gasteiger charge is -2.12. The minimum atomic E-state index is -0.391. The second-order valence-electron chi connectivity index (χ2n) is 7.06. The molecular weight excluding hydrogens is 448 g/mol. The van der Waals surface area contributed by atoms with Crippen LogP contribution in [0.5, 0.6) is 0 Å². The number of amides is 1. The topological polar surface area (TPSA) is 78.0 Å². The van der Waals surface area contributed by atoms with Gasteiger partial charge >= 0.3 is 5.69 Å². The molecule has 0 spiro atoms. The standard InChI is InChI=1S/C22H19BrN4O3/c1-13(28)24-16-8-5-9-17(11-16)27-12-18-19(21(29)26(3)22(30)25(18)2)20(27)14-6-4-7-15(23)10-14/h4-12H,1-3H3,(H,24,28). The molecule has 1 N–H and O–H groups in total. The predicted molar refractivity (Wildman–Crippen MR) is 121 cm³/mol. The molecule has 2 aromatic carbocycles. The number of anilines is 1. The first-order chi connectivity index (χ1) is 14.3. The molecule has 4 aromatic rings. The summed E-state index contributed by atoms with van der Waals surface area (Å²) >= 11 is 3.50. The second kappa shape index (κ2) is 7.46. The zero-order chi connectivity index (χ0) is 21.6. The van der Waals surface area contributed by atoms with E-state index in [1.165, 1.54) is 18.5 Å². The maximum absolute atomic E-state index is 13.1. The maximum Gasteiger partial charge on any atom is 0.330 e. The van der Waals surface area contributed by atoms with Gasteiger partial charge in [0, 0.05) is 48.6 Å². The maximum atomic E-state index is 13.1. The van der Waals surface area contributed by atoms with E-state index in [0.717, 1.165) is 20.3 Å². The zero-order valence-electron chi connectivity index (χ0n) is 16.6. The first-order valence-corrected chi connectivity index (χ1v) is 10.0. The number of carbonyl (C=O) groups is 1. The predicted octanol–water partition coefficient (Wildman–Crippen LogP) is 3.42. The molecule has 2 heterocycles. The number of nitrogens with zero attached hydrogens (tertiary/aromatic N) is 3. The molecule has 0 fully saturated rings. The van der Waals surface area contributed by atoms with Crippen LogP contribution in [0.3, 0.4) is 0 Å². The third-order valence-corrected chi connectivity index (χ3v) is 5.47. The lowest BCUT2D eigenvalue weighted by Crippen LogP contribution is -2.36. The molecule has 0 saturated carbocycles. The van der Waals surface area contributed by atoms with Crippen LogP contribution in [0.25, 0.3) is 27.8 Å². The van der Waals surface area contributed by atoms with Gasteiger partial charge in [0.25, 0.3) is 5.56 Å². The molecule has 152 valence electrons. The number of rotatable bonds is 3. The molecule has 7 nitrogen and oxygen atoms in total. The Morgan fingerprint density at radius 2 is 1.73 bits per heavy atom. The summed E-state index contributed by atoms with van der Waals surface area (Å²) in [5, 5.41) is 3.22. The Morgan fingerprint density at radius 3 is 2.43 bits per heavy atom. The number of nitrogens with one attached hydrogen (secondary N) is 1. The first-order valence-electron chi connectivity index (χ1n) is 9.23. The van der Waals surface area contributed by atoms with Crippen LogP contribution in [-0.2, 0) is 18.9 Å². The van der Waals surface area contributed by atoms with Crippen LogP contribution in [0.15, 0.2) is 68.8 Å². The fraction of sp³-hybridized carbons (Fsp3) is 0.136. The molecule has 30 heavy (non-hydrogen) atoms. The van der Waals surface area contributed by atoms with Crippen LogP contribution in [0.4, 0.5) is 5.69 Å². The summed E-state index contributed by atoms with van der Waals surface area (Å²) in [6, 6.07) is 15.0. The van der Waals surface area contributed by atoms with Gasteiger partial charge in [-0.25, -0.2) is 4.79 Å². The van der Waals surface area contributed by atoms with Crippen molar-refractivity contribution in [2.45, 2.75) is 6.92 Å². The Labute approximate surface area is 180 Å². The number of hydrogen-bond donors (Lipinski definition) is 1. The van der Waals surface area contributed by atoms with E-state index in [0.29, 0.717) is 22.3 Å². The normalized spacial score (nSPS) is 11.1. The average molecular weight is 467 g/mol. The summed E-state index contributed by atoms with van der Waals surface area (Å²) in [6.45, 7) is 1.45. The van der Waals surface area contributed by atoms with Crippen LogP contribution in [0.1, 0.15) is 6.92 Å². The van der Waals surface area contributed by atoms with E-state index in [1.807, 2.05) is 47.0 Å². The van der Waals surface area contributed by atoms with E-state index in [2.05, 4.69) is 21.2 Å². The van der Waals surface area contributed by atoms with E-state index in [9.17, 15) is 14.4 Å². The smallest absolute Gasteiger partial charge is 0.326 e. The molecular formula is C22H19BrN4O3. The highest BCUT2D eigenvalue weighted by Crippen LogP contribution is 2.32. The van der Waals surface area contributed by atoms with Crippen LogP contribution in [0.2, 0.25) is 0 Å². The molecule has 1 amide bonds. The van der Waals surface area contributed by atoms with Gasteiger partial charge in [0.1, 0.15) is 0 Å². The average Bonchev–Trinajstić information content (AvgIpc) is 3.11. The van der Waals surface area contributed by atoms with Crippen molar-refractivity contribution in [1.29, 1.82) is 0 Å². The number of aromatic nitrogens is 3. The molecule has 0 aliphatic heterocycles. The quantitative estimate of drug-likeness (QED) is 0.502. The number of hydrogen-bond acceptors (Lipinski definition) is 3. The molecule has 0 unspecified atom stereocenters. The number of benzene rings is 2. The highest BCUT2D eigenvalue weighted by molar-refractivity contribution is 9.10. The van der Waals surface area contributed by atoms with E-state index in [4.69, 9.17) is 0 Å². The van der Waals surface area contributed by atoms with Gasteiger partial charge in [-0.15, -0.1) is 0 Å². The van der Waals surface area contributed by atoms with Crippen molar-refractivity contribution in [1.82, 2.24) is 13.7 Å². The Bertz CT molecular complexity index is 1430. The van der Waals surface area contributed by atoms with Crippen molar-refractivity contribution in [2.75, 3.05) is 5.32 Å². The largest absolute Gasteiger partial charge is 0.330 e. The first kappa shape index (κ1) is 19.9. The Hall–Kier alpha value is -3.39. The van der Waals surface area contributed by atoms with Gasteiger partial charge in [-0.2, -0.15) is 0 Å². The number of fused-ring (bicyclic) bond motifs is 1. The minimum absolute atomic E-state index is 0.173. The van der Waals surface area contributed by atoms with Crippen LogP contribution < -0.4 is 16.6 Å².